The van der Waals surface area contributed by atoms with Crippen molar-refractivity contribution in [3.05, 3.63) is 96.3 Å². The summed E-state index contributed by atoms with van der Waals surface area (Å²) in [5, 5.41) is 30.0. The Bertz CT molecular complexity index is 3020. The van der Waals surface area contributed by atoms with Gasteiger partial charge in [0, 0.05) is 73.5 Å². The summed E-state index contributed by atoms with van der Waals surface area (Å²) in [6, 6.07) is 9.29. The van der Waals surface area contributed by atoms with Crippen molar-refractivity contribution < 1.29 is 55.1 Å². The predicted octanol–water partition coefficient (Wildman–Crippen LogP) is 4.83. The lowest BCUT2D eigenvalue weighted by Gasteiger charge is -2.25. The Morgan fingerprint density at radius 1 is 0.817 bits per heavy atom. The lowest BCUT2D eigenvalue weighted by molar-refractivity contribution is -0.438. The third-order valence-electron chi connectivity index (χ3n) is 13.4. The van der Waals surface area contributed by atoms with Crippen LogP contribution in [0.25, 0.3) is 11.2 Å². The van der Waals surface area contributed by atoms with Gasteiger partial charge in [-0.15, -0.1) is 0 Å². The molecule has 20 nitrogen and oxygen atoms in total. The van der Waals surface area contributed by atoms with E-state index >= 15 is 0 Å². The molecule has 2 aromatic carbocycles. The van der Waals surface area contributed by atoms with E-state index in [0.717, 1.165) is 46.8 Å². The van der Waals surface area contributed by atoms with Gasteiger partial charge < -0.3 is 35.8 Å². The second-order valence-corrected chi connectivity index (χ2v) is 21.6. The number of fused-ring (bicyclic) bond motifs is 3. The van der Waals surface area contributed by atoms with Gasteiger partial charge in [0.1, 0.15) is 25.1 Å². The number of allylic oxidation sites excluding steroid dienone is 6. The molecule has 1 saturated heterocycles. The molecule has 0 spiro atoms. The van der Waals surface area contributed by atoms with E-state index in [1.165, 1.54) is 41.5 Å². The number of aromatic nitrogens is 4. The smallest absolute Gasteiger partial charge is 0.294 e. The zero-order valence-corrected chi connectivity index (χ0v) is 42.4. The molecule has 0 bridgehead atoms. The first-order valence-electron chi connectivity index (χ1n) is 23.8. The Balaban J connectivity index is 0.910. The summed E-state index contributed by atoms with van der Waals surface area (Å²) in [5.41, 5.74) is 4.73. The van der Waals surface area contributed by atoms with Crippen LogP contribution in [0.5, 0.6) is 0 Å². The van der Waals surface area contributed by atoms with E-state index in [2.05, 4.69) is 40.4 Å². The Hall–Kier alpha value is -5.88. The number of likely N-dealkylation sites (N-methyl/N-ethyl adjacent to an activating group) is 2. The zero-order chi connectivity index (χ0) is 51.5. The minimum Gasteiger partial charge on any atom is -0.387 e. The monoisotopic (exact) mass is 1020 g/mol. The maximum atomic E-state index is 12.8. The molecule has 7 N–H and O–H groups in total. The van der Waals surface area contributed by atoms with Crippen molar-refractivity contribution in [3.8, 4) is 0 Å². The molecule has 22 heteroatoms. The molecule has 7 rings (SSSR count). The average Bonchev–Trinajstić information content (AvgIpc) is 4.00. The topological polar surface area (TPSA) is 279 Å². The average molecular weight is 1020 g/mol. The van der Waals surface area contributed by atoms with Gasteiger partial charge in [-0.25, -0.2) is 15.0 Å². The van der Waals surface area contributed by atoms with Gasteiger partial charge in [0.2, 0.25) is 11.6 Å². The maximum Gasteiger partial charge on any atom is 0.294 e. The number of anilines is 2. The van der Waals surface area contributed by atoms with Crippen molar-refractivity contribution in [2.24, 2.45) is 0 Å². The Kier molecular flexibility index (Phi) is 16.0. The molecule has 0 aliphatic carbocycles. The predicted molar refractivity (Wildman–Crippen MR) is 267 cm³/mol. The van der Waals surface area contributed by atoms with Gasteiger partial charge in [-0.2, -0.15) is 21.4 Å². The zero-order valence-electron chi connectivity index (χ0n) is 40.7. The molecule has 2 aromatic heterocycles. The molecule has 0 radical (unpaired) electrons. The van der Waals surface area contributed by atoms with E-state index in [0.29, 0.717) is 75.4 Å². The van der Waals surface area contributed by atoms with Crippen LogP contribution in [0.1, 0.15) is 97.4 Å². The van der Waals surface area contributed by atoms with Crippen LogP contribution in [0.15, 0.2) is 94.9 Å². The number of aliphatic hydroxyl groups is 2. The number of nitrogens with one attached hydrogen (secondary N) is 3. The van der Waals surface area contributed by atoms with Crippen molar-refractivity contribution in [3.63, 3.8) is 0 Å². The second-order valence-electron chi connectivity index (χ2n) is 18.8. The van der Waals surface area contributed by atoms with Gasteiger partial charge in [-0.1, -0.05) is 32.1 Å². The Labute approximate surface area is 414 Å². The molecule has 4 atom stereocenters. The van der Waals surface area contributed by atoms with Crippen molar-refractivity contribution in [2.45, 2.75) is 125 Å². The SMILES string of the molecule is CCNC(=O)[C@H]1O[C@@H](n2cnc3c(NCCCCNC(=O)CCCCC[N+]4=C(/C=C/C=C\C=C5\N(CC)c6ccc(S(=O)(=O)O)cc6C5(C)C)C(C)(C)c5cc(S(=O)(=O)O)ccc54)ncnc32)[C@H](O)[C@@H]1O. The molecular formula is C49H64N9O11S2+. The highest BCUT2D eigenvalue weighted by atomic mass is 32.2. The summed E-state index contributed by atoms with van der Waals surface area (Å²) >= 11 is 0. The number of ether oxygens (including phenoxy) is 1. The first kappa shape index (κ1) is 52.9. The van der Waals surface area contributed by atoms with E-state index < -0.39 is 61.5 Å². The summed E-state index contributed by atoms with van der Waals surface area (Å²) in [6.45, 7) is 14.4. The van der Waals surface area contributed by atoms with Crippen LogP contribution in [-0.2, 0) is 45.4 Å². The van der Waals surface area contributed by atoms with Crippen LogP contribution in [0.4, 0.5) is 17.2 Å². The van der Waals surface area contributed by atoms with Gasteiger partial charge in [-0.05, 0) is 95.3 Å². The lowest BCUT2D eigenvalue weighted by Crippen LogP contribution is -2.42. The number of aliphatic hydroxyl groups excluding tert-OH is 2. The maximum absolute atomic E-state index is 12.8. The minimum absolute atomic E-state index is 0.0472. The van der Waals surface area contributed by atoms with Crippen LogP contribution in [0.3, 0.4) is 0 Å². The fraction of sp³-hybridized carbons (Fsp3) is 0.469. The van der Waals surface area contributed by atoms with E-state index in [1.54, 1.807) is 19.1 Å². The van der Waals surface area contributed by atoms with Crippen LogP contribution in [-0.4, -0.2) is 129 Å². The van der Waals surface area contributed by atoms with Gasteiger partial charge in [0.25, 0.3) is 26.1 Å². The van der Waals surface area contributed by atoms with Gasteiger partial charge in [-0.3, -0.25) is 23.3 Å². The number of benzene rings is 2. The number of carbonyl (C=O) groups is 2. The summed E-state index contributed by atoms with van der Waals surface area (Å²) in [6.07, 6.45) is 11.3. The fourth-order valence-corrected chi connectivity index (χ4v) is 10.6. The summed E-state index contributed by atoms with van der Waals surface area (Å²) in [7, 11) is -8.82. The van der Waals surface area contributed by atoms with Gasteiger partial charge in [0.05, 0.1) is 21.5 Å². The van der Waals surface area contributed by atoms with Gasteiger partial charge in [0.15, 0.2) is 35.0 Å². The Morgan fingerprint density at radius 3 is 2.23 bits per heavy atom. The molecule has 3 aliphatic rings. The number of imidazole rings is 1. The largest absolute Gasteiger partial charge is 0.387 e. The highest BCUT2D eigenvalue weighted by Gasteiger charge is 2.48. The van der Waals surface area contributed by atoms with Crippen LogP contribution >= 0.6 is 0 Å². The van der Waals surface area contributed by atoms with Crippen LogP contribution < -0.4 is 20.9 Å². The quantitative estimate of drug-likeness (QED) is 0.0255. The van der Waals surface area contributed by atoms with E-state index in [-0.39, 0.29) is 15.7 Å². The third kappa shape index (κ3) is 11.1. The van der Waals surface area contributed by atoms with Crippen molar-refractivity contribution in [1.29, 1.82) is 0 Å². The van der Waals surface area contributed by atoms with E-state index in [9.17, 15) is 45.7 Å². The number of amides is 2. The molecule has 382 valence electrons. The lowest BCUT2D eigenvalue weighted by atomic mass is 9.81. The molecule has 4 aromatic rings. The van der Waals surface area contributed by atoms with Crippen molar-refractivity contribution in [1.82, 2.24) is 30.2 Å². The number of nitrogens with zero attached hydrogens (tertiary/aromatic N) is 6. The number of hydrogen-bond acceptors (Lipinski definition) is 14. The third-order valence-corrected chi connectivity index (χ3v) is 15.1. The molecule has 5 heterocycles. The summed E-state index contributed by atoms with van der Waals surface area (Å²) in [5.74, 6) is -0.114. The minimum atomic E-state index is -4.44. The standard InChI is InChI=1S/C49H63N9O11S2/c1-7-50-46(62)43-41(60)42(61)47(69-43)58-30-55-40-44(53-29-54-45(40)58)52-25-15-14-24-51-39(59)19-13-10-16-26-57-36-23-21-32(71(66,67)68)28-34(36)49(5,6)38(57)18-12-9-11-17-37-48(3,4)33-27-31(70(63,64)65)20-22-35(33)56(37)8-2/h9,11-12,17-18,20-23,27-30,41-43,47,60-61H,7-8,10,13-16,19,24-26H2,1-6H3,(H4-,50,51,52,53,54,59,62,63,64,65,66,67,68)/p+1/t41-,42+,43-,47+/m0/s1. The molecule has 3 aliphatic heterocycles. The van der Waals surface area contributed by atoms with E-state index in [1.807, 2.05) is 65.0 Å². The number of rotatable bonds is 21. The summed E-state index contributed by atoms with van der Waals surface area (Å²) in [4.78, 5) is 39.9. The number of unbranched alkanes of at least 4 members (excludes halogenated alkanes) is 3. The van der Waals surface area contributed by atoms with Crippen LogP contribution in [0.2, 0.25) is 0 Å². The molecule has 1 fully saturated rings. The Morgan fingerprint density at radius 2 is 1.52 bits per heavy atom. The van der Waals surface area contributed by atoms with Crippen LogP contribution in [0, 0.1) is 0 Å². The number of carbonyl (C=O) groups excluding carboxylic acids is 2. The highest BCUT2D eigenvalue weighted by molar-refractivity contribution is 7.86. The normalized spacial score (nSPS) is 21.2. The number of hydrogen-bond donors (Lipinski definition) is 7. The molecule has 2 amide bonds. The molecular weight excluding hydrogens is 955 g/mol. The highest BCUT2D eigenvalue weighted by Crippen LogP contribution is 2.48. The second kappa shape index (κ2) is 21.5. The first-order chi connectivity index (χ1) is 33.6. The molecule has 0 unspecified atom stereocenters. The summed E-state index contributed by atoms with van der Waals surface area (Å²) < 4.78 is 77.2. The van der Waals surface area contributed by atoms with Gasteiger partial charge >= 0.3 is 0 Å². The molecule has 0 saturated carbocycles. The van der Waals surface area contributed by atoms with Crippen molar-refractivity contribution >= 4 is 66.1 Å². The van der Waals surface area contributed by atoms with Crippen molar-refractivity contribution in [2.75, 3.05) is 42.9 Å². The molecule has 71 heavy (non-hydrogen) atoms. The first-order valence-corrected chi connectivity index (χ1v) is 26.7. The van der Waals surface area contributed by atoms with E-state index in [4.69, 9.17) is 4.74 Å². The fourth-order valence-electron chi connectivity index (χ4n) is 9.62.